The molecule has 1 aromatic carbocycles. The number of halogens is 1. The van der Waals surface area contributed by atoms with E-state index in [2.05, 4.69) is 5.32 Å². The van der Waals surface area contributed by atoms with E-state index in [1.54, 1.807) is 26.0 Å². The fourth-order valence-corrected chi connectivity index (χ4v) is 2.05. The second-order valence-electron chi connectivity index (χ2n) is 4.85. The monoisotopic (exact) mass is 326 g/mol. The zero-order valence-electron chi connectivity index (χ0n) is 12.5. The summed E-state index contributed by atoms with van der Waals surface area (Å²) >= 11 is 5.75. The number of primary amides is 1. The lowest BCUT2D eigenvalue weighted by Gasteiger charge is -2.21. The van der Waals surface area contributed by atoms with Crippen molar-refractivity contribution >= 4 is 29.4 Å². The van der Waals surface area contributed by atoms with Crippen LogP contribution < -0.4 is 11.1 Å². The predicted octanol–water partition coefficient (Wildman–Crippen LogP) is 1.51. The Kier molecular flexibility index (Phi) is 6.85. The van der Waals surface area contributed by atoms with Gasteiger partial charge in [0.2, 0.25) is 5.91 Å². The summed E-state index contributed by atoms with van der Waals surface area (Å²) in [4.78, 5) is 35.1. The Labute approximate surface area is 134 Å². The number of carbonyl (C=O) groups excluding carboxylic acids is 3. The summed E-state index contributed by atoms with van der Waals surface area (Å²) < 4.78 is 4.83. The van der Waals surface area contributed by atoms with E-state index in [4.69, 9.17) is 22.1 Å². The van der Waals surface area contributed by atoms with E-state index in [9.17, 15) is 14.4 Å². The molecular formula is C15H19ClN2O4. The lowest BCUT2D eigenvalue weighted by Crippen LogP contribution is -2.49. The number of hydrogen-bond acceptors (Lipinski definition) is 4. The van der Waals surface area contributed by atoms with E-state index in [1.165, 1.54) is 12.1 Å². The van der Waals surface area contributed by atoms with Gasteiger partial charge in [-0.05, 0) is 37.1 Å². The molecule has 0 saturated carbocycles. The number of hydrogen-bond donors (Lipinski definition) is 2. The molecule has 0 aliphatic rings. The van der Waals surface area contributed by atoms with Crippen molar-refractivity contribution in [3.63, 3.8) is 0 Å². The van der Waals surface area contributed by atoms with E-state index < -0.39 is 29.7 Å². The van der Waals surface area contributed by atoms with Gasteiger partial charge in [-0.15, -0.1) is 0 Å². The molecule has 1 aromatic rings. The Hall–Kier alpha value is -2.08. The molecule has 0 spiro atoms. The summed E-state index contributed by atoms with van der Waals surface area (Å²) in [7, 11) is 0. The quantitative estimate of drug-likeness (QED) is 0.742. The maximum atomic E-state index is 12.1. The highest BCUT2D eigenvalue weighted by Crippen LogP contribution is 2.13. The Morgan fingerprint density at radius 1 is 1.27 bits per heavy atom. The SMILES string of the molecule is CCOC(=O)C[C@@H](C)[C@H](NC(=O)c1ccc(Cl)cc1)C(N)=O. The molecule has 2 amide bonds. The second kappa shape index (κ2) is 8.38. The van der Waals surface area contributed by atoms with Crippen molar-refractivity contribution in [2.45, 2.75) is 26.3 Å². The molecule has 0 radical (unpaired) electrons. The normalized spacial score (nSPS) is 13.0. The number of carbonyl (C=O) groups is 3. The van der Waals surface area contributed by atoms with E-state index in [0.717, 1.165) is 0 Å². The van der Waals surface area contributed by atoms with Crippen molar-refractivity contribution in [1.82, 2.24) is 5.32 Å². The van der Waals surface area contributed by atoms with Gasteiger partial charge in [-0.1, -0.05) is 18.5 Å². The number of nitrogens with two attached hydrogens (primary N) is 1. The number of amides is 2. The smallest absolute Gasteiger partial charge is 0.306 e. The first-order valence-corrected chi connectivity index (χ1v) is 7.24. The molecule has 0 aliphatic heterocycles. The van der Waals surface area contributed by atoms with Crippen LogP contribution in [0.3, 0.4) is 0 Å². The summed E-state index contributed by atoms with van der Waals surface area (Å²) in [6.07, 6.45) is -0.0116. The van der Waals surface area contributed by atoms with Gasteiger partial charge in [0, 0.05) is 10.6 Å². The maximum absolute atomic E-state index is 12.1. The van der Waals surface area contributed by atoms with Crippen molar-refractivity contribution in [3.05, 3.63) is 34.9 Å². The van der Waals surface area contributed by atoms with E-state index in [1.807, 2.05) is 0 Å². The predicted molar refractivity (Wildman–Crippen MR) is 82.3 cm³/mol. The fourth-order valence-electron chi connectivity index (χ4n) is 1.92. The summed E-state index contributed by atoms with van der Waals surface area (Å²) in [5.41, 5.74) is 5.66. The molecule has 0 aromatic heterocycles. The van der Waals surface area contributed by atoms with Crippen LogP contribution in [0.1, 0.15) is 30.6 Å². The topological polar surface area (TPSA) is 98.5 Å². The van der Waals surface area contributed by atoms with Crippen molar-refractivity contribution in [2.75, 3.05) is 6.61 Å². The van der Waals surface area contributed by atoms with Crippen LogP contribution in [-0.2, 0) is 14.3 Å². The molecule has 0 aliphatic carbocycles. The molecule has 0 fully saturated rings. The van der Waals surface area contributed by atoms with Crippen LogP contribution >= 0.6 is 11.6 Å². The van der Waals surface area contributed by atoms with Gasteiger partial charge in [0.25, 0.3) is 5.91 Å². The van der Waals surface area contributed by atoms with Crippen molar-refractivity contribution in [1.29, 1.82) is 0 Å². The molecule has 7 heteroatoms. The Morgan fingerprint density at radius 2 is 1.86 bits per heavy atom. The third-order valence-corrected chi connectivity index (χ3v) is 3.31. The van der Waals surface area contributed by atoms with Crippen molar-refractivity contribution in [3.8, 4) is 0 Å². The molecule has 0 unspecified atom stereocenters. The summed E-state index contributed by atoms with van der Waals surface area (Å²) in [5, 5.41) is 3.03. The summed E-state index contributed by atoms with van der Waals surface area (Å²) in [6.45, 7) is 3.59. The highest BCUT2D eigenvalue weighted by Gasteiger charge is 2.27. The van der Waals surface area contributed by atoms with Gasteiger partial charge in [0.1, 0.15) is 6.04 Å². The molecule has 0 bridgehead atoms. The van der Waals surface area contributed by atoms with Gasteiger partial charge in [-0.3, -0.25) is 14.4 Å². The molecule has 3 N–H and O–H groups in total. The minimum Gasteiger partial charge on any atom is -0.466 e. The Bertz CT molecular complexity index is 545. The average molecular weight is 327 g/mol. The van der Waals surface area contributed by atoms with Gasteiger partial charge in [-0.25, -0.2) is 0 Å². The van der Waals surface area contributed by atoms with Crippen molar-refractivity contribution in [2.24, 2.45) is 11.7 Å². The molecule has 120 valence electrons. The summed E-state index contributed by atoms with van der Waals surface area (Å²) in [6, 6.07) is 5.24. The van der Waals surface area contributed by atoms with E-state index in [-0.39, 0.29) is 13.0 Å². The van der Waals surface area contributed by atoms with Gasteiger partial charge in [0.15, 0.2) is 0 Å². The zero-order valence-corrected chi connectivity index (χ0v) is 13.2. The lowest BCUT2D eigenvalue weighted by atomic mass is 9.97. The minimum absolute atomic E-state index is 0.0116. The molecule has 0 heterocycles. The minimum atomic E-state index is -0.965. The highest BCUT2D eigenvalue weighted by atomic mass is 35.5. The summed E-state index contributed by atoms with van der Waals surface area (Å²) in [5.74, 6) is -2.09. The van der Waals surface area contributed by atoms with Gasteiger partial charge in [0.05, 0.1) is 13.0 Å². The third-order valence-electron chi connectivity index (χ3n) is 3.06. The number of ether oxygens (including phenoxy) is 1. The van der Waals surface area contributed by atoms with Crippen LogP contribution in [0, 0.1) is 5.92 Å². The van der Waals surface area contributed by atoms with Crippen molar-refractivity contribution < 1.29 is 19.1 Å². The number of esters is 1. The maximum Gasteiger partial charge on any atom is 0.306 e. The molecule has 22 heavy (non-hydrogen) atoms. The number of rotatable bonds is 7. The van der Waals surface area contributed by atoms with E-state index >= 15 is 0 Å². The fraction of sp³-hybridized carbons (Fsp3) is 0.400. The average Bonchev–Trinajstić information content (AvgIpc) is 2.44. The van der Waals surface area contributed by atoms with Crippen LogP contribution in [0.25, 0.3) is 0 Å². The first-order valence-electron chi connectivity index (χ1n) is 6.86. The highest BCUT2D eigenvalue weighted by molar-refractivity contribution is 6.30. The van der Waals surface area contributed by atoms with Crippen LogP contribution in [0.2, 0.25) is 5.02 Å². The standard InChI is InChI=1S/C15H19ClN2O4/c1-3-22-12(19)8-9(2)13(14(17)20)18-15(21)10-4-6-11(16)7-5-10/h4-7,9,13H,3,8H2,1-2H3,(H2,17,20)(H,18,21)/t9-,13+/m1/s1. The van der Waals surface area contributed by atoms with Gasteiger partial charge in [-0.2, -0.15) is 0 Å². The Balaban J connectivity index is 2.75. The first-order chi connectivity index (χ1) is 10.3. The number of nitrogens with one attached hydrogen (secondary N) is 1. The molecule has 2 atom stereocenters. The molecule has 0 saturated heterocycles. The van der Waals surface area contributed by atoms with Crippen LogP contribution in [0.15, 0.2) is 24.3 Å². The van der Waals surface area contributed by atoms with Crippen LogP contribution in [-0.4, -0.2) is 30.4 Å². The van der Waals surface area contributed by atoms with Crippen LogP contribution in [0.5, 0.6) is 0 Å². The Morgan fingerprint density at radius 3 is 2.36 bits per heavy atom. The van der Waals surface area contributed by atoms with Gasteiger partial charge < -0.3 is 15.8 Å². The lowest BCUT2D eigenvalue weighted by molar-refractivity contribution is -0.144. The second-order valence-corrected chi connectivity index (χ2v) is 5.28. The zero-order chi connectivity index (χ0) is 16.7. The van der Waals surface area contributed by atoms with Crippen LogP contribution in [0.4, 0.5) is 0 Å². The number of benzene rings is 1. The first kappa shape index (κ1) is 18.0. The molecule has 1 rings (SSSR count). The van der Waals surface area contributed by atoms with Gasteiger partial charge >= 0.3 is 5.97 Å². The molecular weight excluding hydrogens is 308 g/mol. The van der Waals surface area contributed by atoms with E-state index in [0.29, 0.717) is 10.6 Å². The largest absolute Gasteiger partial charge is 0.466 e. The molecule has 6 nitrogen and oxygen atoms in total. The third kappa shape index (κ3) is 5.37.